The van der Waals surface area contributed by atoms with Gasteiger partial charge in [-0.1, -0.05) is 35.4 Å². The van der Waals surface area contributed by atoms with Crippen molar-refractivity contribution < 1.29 is 4.74 Å². The van der Waals surface area contributed by atoms with Crippen molar-refractivity contribution in [3.63, 3.8) is 0 Å². The Hall–Kier alpha value is -3.92. The average Bonchev–Trinajstić information content (AvgIpc) is 2.81. The molecule has 0 aliphatic rings. The number of azo groups is 1. The highest BCUT2D eigenvalue weighted by Gasteiger charge is 2.12. The summed E-state index contributed by atoms with van der Waals surface area (Å²) in [6.07, 6.45) is 0. The van der Waals surface area contributed by atoms with E-state index in [0.717, 1.165) is 34.2 Å². The smallest absolute Gasteiger partial charge is 0.119 e. The maximum Gasteiger partial charge on any atom is 0.119 e. The molecule has 0 aromatic heterocycles. The van der Waals surface area contributed by atoms with Crippen LogP contribution in [0, 0.1) is 13.8 Å². The number of aryl methyl sites for hydroxylation is 2. The van der Waals surface area contributed by atoms with Crippen LogP contribution >= 0.6 is 0 Å². The van der Waals surface area contributed by atoms with Gasteiger partial charge < -0.3 is 9.64 Å². The summed E-state index contributed by atoms with van der Waals surface area (Å²) in [5, 5.41) is 8.68. The van der Waals surface area contributed by atoms with Crippen LogP contribution in [0.2, 0.25) is 0 Å². The molecule has 0 bridgehead atoms. The number of hydrogen-bond acceptors (Lipinski definition) is 4. The SMILES string of the molecule is COc1ccc(N=Nc2ccc(N(c3ccc(C)cc3)c3ccc(C)cc3)cc2)cc1. The molecule has 4 aromatic rings. The zero-order valence-corrected chi connectivity index (χ0v) is 18.0. The second kappa shape index (κ2) is 9.26. The number of ether oxygens (including phenoxy) is 1. The normalized spacial score (nSPS) is 10.9. The van der Waals surface area contributed by atoms with Crippen LogP contribution < -0.4 is 9.64 Å². The van der Waals surface area contributed by atoms with Crippen molar-refractivity contribution in [1.29, 1.82) is 0 Å². The topological polar surface area (TPSA) is 37.2 Å². The van der Waals surface area contributed by atoms with Crippen molar-refractivity contribution in [3.8, 4) is 5.75 Å². The van der Waals surface area contributed by atoms with E-state index < -0.39 is 0 Å². The van der Waals surface area contributed by atoms with Gasteiger partial charge in [-0.3, -0.25) is 0 Å². The minimum absolute atomic E-state index is 0.783. The lowest BCUT2D eigenvalue weighted by molar-refractivity contribution is 0.415. The first-order chi connectivity index (χ1) is 15.1. The molecule has 154 valence electrons. The zero-order valence-electron chi connectivity index (χ0n) is 18.0. The summed E-state index contributed by atoms with van der Waals surface area (Å²) >= 11 is 0. The van der Waals surface area contributed by atoms with Crippen molar-refractivity contribution >= 4 is 28.4 Å². The van der Waals surface area contributed by atoms with Crippen molar-refractivity contribution in [2.24, 2.45) is 10.2 Å². The van der Waals surface area contributed by atoms with Crippen LogP contribution in [0.15, 0.2) is 107 Å². The number of hydrogen-bond donors (Lipinski definition) is 0. The monoisotopic (exact) mass is 407 g/mol. The Morgan fingerprint density at radius 1 is 0.516 bits per heavy atom. The molecule has 0 aliphatic heterocycles. The number of methoxy groups -OCH3 is 1. The molecule has 0 saturated heterocycles. The average molecular weight is 408 g/mol. The molecule has 0 heterocycles. The molecule has 4 rings (SSSR count). The van der Waals surface area contributed by atoms with Gasteiger partial charge in [0.15, 0.2) is 0 Å². The summed E-state index contributed by atoms with van der Waals surface area (Å²) in [7, 11) is 1.65. The van der Waals surface area contributed by atoms with Gasteiger partial charge in [0.25, 0.3) is 0 Å². The molecule has 0 radical (unpaired) electrons. The third-order valence-electron chi connectivity index (χ3n) is 5.05. The maximum atomic E-state index is 5.18. The van der Waals surface area contributed by atoms with Crippen LogP contribution in [0.1, 0.15) is 11.1 Å². The molecule has 4 nitrogen and oxygen atoms in total. The summed E-state index contributed by atoms with van der Waals surface area (Å²) in [4.78, 5) is 2.24. The zero-order chi connectivity index (χ0) is 21.6. The number of rotatable bonds is 6. The van der Waals surface area contributed by atoms with Crippen LogP contribution in [-0.4, -0.2) is 7.11 Å². The summed E-state index contributed by atoms with van der Waals surface area (Å²) in [6, 6.07) is 32.7. The van der Waals surface area contributed by atoms with E-state index in [9.17, 15) is 0 Å². The molecule has 0 unspecified atom stereocenters. The van der Waals surface area contributed by atoms with Crippen molar-refractivity contribution in [1.82, 2.24) is 0 Å². The number of nitrogens with zero attached hydrogens (tertiary/aromatic N) is 3. The van der Waals surface area contributed by atoms with E-state index in [2.05, 4.69) is 89.6 Å². The van der Waals surface area contributed by atoms with Gasteiger partial charge in [0.2, 0.25) is 0 Å². The molecule has 0 amide bonds. The minimum Gasteiger partial charge on any atom is -0.497 e. The Kier molecular flexibility index (Phi) is 6.08. The predicted molar refractivity (Wildman–Crippen MR) is 128 cm³/mol. The first kappa shape index (κ1) is 20.4. The number of anilines is 3. The summed E-state index contributed by atoms with van der Waals surface area (Å²) < 4.78 is 5.18. The van der Waals surface area contributed by atoms with Gasteiger partial charge in [-0.25, -0.2) is 0 Å². The van der Waals surface area contributed by atoms with Crippen LogP contribution in [0.4, 0.5) is 28.4 Å². The third-order valence-corrected chi connectivity index (χ3v) is 5.05. The largest absolute Gasteiger partial charge is 0.497 e. The second-order valence-corrected chi connectivity index (χ2v) is 7.42. The highest BCUT2D eigenvalue weighted by atomic mass is 16.5. The molecular weight excluding hydrogens is 382 g/mol. The lowest BCUT2D eigenvalue weighted by Gasteiger charge is -2.25. The van der Waals surface area contributed by atoms with Crippen molar-refractivity contribution in [2.45, 2.75) is 13.8 Å². The quantitative estimate of drug-likeness (QED) is 0.302. The van der Waals surface area contributed by atoms with Crippen molar-refractivity contribution in [3.05, 3.63) is 108 Å². The van der Waals surface area contributed by atoms with E-state index in [1.165, 1.54) is 11.1 Å². The van der Waals surface area contributed by atoms with Gasteiger partial charge in [-0.15, -0.1) is 0 Å². The molecule has 0 spiro atoms. The van der Waals surface area contributed by atoms with E-state index in [-0.39, 0.29) is 0 Å². The van der Waals surface area contributed by atoms with Crippen LogP contribution in [0.25, 0.3) is 0 Å². The van der Waals surface area contributed by atoms with E-state index in [4.69, 9.17) is 4.74 Å². The maximum absolute atomic E-state index is 5.18. The molecular formula is C27H25N3O. The van der Waals surface area contributed by atoms with Gasteiger partial charge >= 0.3 is 0 Å². The van der Waals surface area contributed by atoms with Gasteiger partial charge in [0.05, 0.1) is 18.5 Å². The summed E-state index contributed by atoms with van der Waals surface area (Å²) in [6.45, 7) is 4.20. The van der Waals surface area contributed by atoms with E-state index in [1.54, 1.807) is 7.11 Å². The lowest BCUT2D eigenvalue weighted by atomic mass is 10.1. The van der Waals surface area contributed by atoms with Gasteiger partial charge in [-0.05, 0) is 86.6 Å². The van der Waals surface area contributed by atoms with E-state index in [0.29, 0.717) is 0 Å². The number of benzene rings is 4. The molecule has 0 atom stereocenters. The lowest BCUT2D eigenvalue weighted by Crippen LogP contribution is -2.09. The molecule has 4 heteroatoms. The van der Waals surface area contributed by atoms with Gasteiger partial charge in [0.1, 0.15) is 5.75 Å². The Labute approximate surface area is 183 Å². The Morgan fingerprint density at radius 2 is 0.871 bits per heavy atom. The second-order valence-electron chi connectivity index (χ2n) is 7.42. The minimum atomic E-state index is 0.783. The van der Waals surface area contributed by atoms with Gasteiger partial charge in [-0.2, -0.15) is 10.2 Å². The molecule has 4 aromatic carbocycles. The van der Waals surface area contributed by atoms with Crippen molar-refractivity contribution in [2.75, 3.05) is 12.0 Å². The highest BCUT2D eigenvalue weighted by molar-refractivity contribution is 5.77. The predicted octanol–water partition coefficient (Wildman–Crippen LogP) is 8.20. The van der Waals surface area contributed by atoms with Crippen LogP contribution in [-0.2, 0) is 0 Å². The fraction of sp³-hybridized carbons (Fsp3) is 0.111. The Balaban J connectivity index is 1.62. The highest BCUT2D eigenvalue weighted by Crippen LogP contribution is 2.35. The fourth-order valence-corrected chi connectivity index (χ4v) is 3.27. The fourth-order valence-electron chi connectivity index (χ4n) is 3.27. The molecule has 0 fully saturated rings. The van der Waals surface area contributed by atoms with E-state index in [1.807, 2.05) is 36.4 Å². The summed E-state index contributed by atoms with van der Waals surface area (Å²) in [5.74, 6) is 0.801. The molecule has 0 N–H and O–H groups in total. The van der Waals surface area contributed by atoms with E-state index >= 15 is 0 Å². The first-order valence-corrected chi connectivity index (χ1v) is 10.2. The summed E-state index contributed by atoms with van der Waals surface area (Å²) in [5.41, 5.74) is 7.35. The Bertz CT molecular complexity index is 1100. The van der Waals surface area contributed by atoms with Crippen LogP contribution in [0.5, 0.6) is 5.75 Å². The standard InChI is InChI=1S/C27H25N3O/c1-20-4-12-24(13-5-20)30(25-14-6-21(2)7-15-25)26-16-8-22(9-17-26)28-29-23-10-18-27(31-3)19-11-23/h4-19H,1-3H3. The Morgan fingerprint density at radius 3 is 1.26 bits per heavy atom. The first-order valence-electron chi connectivity index (χ1n) is 10.2. The molecule has 0 aliphatic carbocycles. The van der Waals surface area contributed by atoms with Crippen LogP contribution in [0.3, 0.4) is 0 Å². The molecule has 31 heavy (non-hydrogen) atoms. The molecule has 0 saturated carbocycles. The van der Waals surface area contributed by atoms with Gasteiger partial charge in [0, 0.05) is 17.1 Å². The third kappa shape index (κ3) is 4.98.